The molecule has 0 saturated carbocycles. The highest BCUT2D eigenvalue weighted by Crippen LogP contribution is 2.19. The lowest BCUT2D eigenvalue weighted by Crippen LogP contribution is -2.26. The molecule has 5 N–H and O–H groups in total. The van der Waals surface area contributed by atoms with Gasteiger partial charge in [-0.05, 0) is 36.8 Å². The molecule has 3 rings (SSSR count). The molecule has 0 saturated heterocycles. The quantitative estimate of drug-likeness (QED) is 0.208. The molecular weight excluding hydrogens is 424 g/mol. The van der Waals surface area contributed by atoms with Gasteiger partial charge in [0.05, 0.1) is 5.56 Å². The Morgan fingerprint density at radius 3 is 2.58 bits per heavy atom. The summed E-state index contributed by atoms with van der Waals surface area (Å²) in [6.45, 7) is 0.850. The summed E-state index contributed by atoms with van der Waals surface area (Å²) in [7, 11) is 1.56. The first-order valence-electron chi connectivity index (χ1n) is 10.5. The number of amides is 2. The Kier molecular flexibility index (Phi) is 8.12. The van der Waals surface area contributed by atoms with Crippen molar-refractivity contribution in [2.75, 3.05) is 20.1 Å². The number of aryl methyl sites for hydroxylation is 1. The summed E-state index contributed by atoms with van der Waals surface area (Å²) in [4.78, 5) is 32.6. The second-order valence-corrected chi connectivity index (χ2v) is 7.15. The van der Waals surface area contributed by atoms with Crippen molar-refractivity contribution in [1.82, 2.24) is 20.8 Å². The van der Waals surface area contributed by atoms with Gasteiger partial charge in [-0.3, -0.25) is 14.6 Å². The monoisotopic (exact) mass is 450 g/mol. The molecule has 172 valence electrons. The molecule has 2 aromatic carbocycles. The minimum absolute atomic E-state index is 0.138. The Labute approximate surface area is 190 Å². The number of benzene rings is 2. The van der Waals surface area contributed by atoms with Gasteiger partial charge in [-0.25, -0.2) is 0 Å². The van der Waals surface area contributed by atoms with E-state index in [1.54, 1.807) is 43.4 Å². The number of aromatic nitrogens is 2. The fraction of sp³-hybridized carbons (Fsp3) is 0.261. The number of hydrogen-bond donors (Lipinski definition) is 4. The van der Waals surface area contributed by atoms with Crippen molar-refractivity contribution in [3.63, 3.8) is 0 Å². The van der Waals surface area contributed by atoms with Crippen molar-refractivity contribution in [2.45, 2.75) is 19.3 Å². The van der Waals surface area contributed by atoms with Crippen LogP contribution in [0.2, 0.25) is 0 Å². The normalized spacial score (nSPS) is 11.2. The van der Waals surface area contributed by atoms with Crippen molar-refractivity contribution in [2.24, 2.45) is 10.7 Å². The highest BCUT2D eigenvalue weighted by Gasteiger charge is 2.12. The van der Waals surface area contributed by atoms with Crippen LogP contribution in [0.25, 0.3) is 11.4 Å². The number of carbonyl (C=O) groups is 2. The predicted molar refractivity (Wildman–Crippen MR) is 123 cm³/mol. The minimum atomic E-state index is -0.229. The maximum Gasteiger partial charge on any atom is 0.251 e. The van der Waals surface area contributed by atoms with Crippen molar-refractivity contribution in [1.29, 1.82) is 0 Å². The fourth-order valence-electron chi connectivity index (χ4n) is 3.02. The Morgan fingerprint density at radius 1 is 1.12 bits per heavy atom. The maximum absolute atomic E-state index is 12.1. The van der Waals surface area contributed by atoms with Crippen LogP contribution in [0.15, 0.2) is 58.0 Å². The number of amidine groups is 1. The van der Waals surface area contributed by atoms with Gasteiger partial charge in [-0.15, -0.1) is 0 Å². The third-order valence-corrected chi connectivity index (χ3v) is 4.77. The molecule has 0 fully saturated rings. The first-order valence-corrected chi connectivity index (χ1v) is 10.5. The van der Waals surface area contributed by atoms with Gasteiger partial charge in [0.1, 0.15) is 11.6 Å². The largest absolute Gasteiger partial charge is 0.508 e. The van der Waals surface area contributed by atoms with Crippen LogP contribution in [0.1, 0.15) is 34.7 Å². The van der Waals surface area contributed by atoms with Crippen LogP contribution in [0.4, 0.5) is 0 Å². The molecule has 10 heteroatoms. The van der Waals surface area contributed by atoms with E-state index in [1.807, 2.05) is 0 Å². The van der Waals surface area contributed by atoms with Gasteiger partial charge in [-0.2, -0.15) is 4.98 Å². The Morgan fingerprint density at radius 2 is 1.85 bits per heavy atom. The molecule has 1 heterocycles. The average molecular weight is 450 g/mol. The number of phenols is 1. The highest BCUT2D eigenvalue weighted by atomic mass is 16.5. The highest BCUT2D eigenvalue weighted by molar-refractivity contribution is 6.08. The molecule has 0 aliphatic heterocycles. The number of aliphatic imine (C=N–C) groups is 1. The number of hydrogen-bond acceptors (Lipinski definition) is 7. The zero-order valence-electron chi connectivity index (χ0n) is 18.2. The molecule has 0 radical (unpaired) electrons. The zero-order valence-corrected chi connectivity index (χ0v) is 18.2. The van der Waals surface area contributed by atoms with E-state index in [4.69, 9.17) is 10.3 Å². The first kappa shape index (κ1) is 23.5. The second kappa shape index (κ2) is 11.4. The Hall–Kier alpha value is -4.21. The van der Waals surface area contributed by atoms with Gasteiger partial charge in [0.25, 0.3) is 5.91 Å². The number of nitrogens with zero attached hydrogens (tertiary/aromatic N) is 3. The summed E-state index contributed by atoms with van der Waals surface area (Å²) in [6, 6.07) is 13.4. The number of phenolic OH excluding ortho intramolecular Hbond substituents is 1. The zero-order chi connectivity index (χ0) is 23.6. The summed E-state index contributed by atoms with van der Waals surface area (Å²) in [5.41, 5.74) is 7.79. The number of nitrogens with two attached hydrogens (primary N) is 1. The Bertz CT molecular complexity index is 1120. The molecule has 0 unspecified atom stereocenters. The van der Waals surface area contributed by atoms with Crippen molar-refractivity contribution in [3.8, 4) is 17.1 Å². The molecule has 0 aliphatic carbocycles. The van der Waals surface area contributed by atoms with Gasteiger partial charge >= 0.3 is 0 Å². The third kappa shape index (κ3) is 6.63. The van der Waals surface area contributed by atoms with E-state index in [0.29, 0.717) is 54.3 Å². The lowest BCUT2D eigenvalue weighted by molar-refractivity contribution is -0.121. The van der Waals surface area contributed by atoms with Crippen LogP contribution >= 0.6 is 0 Å². The molecule has 3 aromatic rings. The van der Waals surface area contributed by atoms with Crippen LogP contribution in [0, 0.1) is 0 Å². The molecular formula is C23H26N6O4. The number of aromatic hydroxyl groups is 1. The van der Waals surface area contributed by atoms with Crippen molar-refractivity contribution in [3.05, 3.63) is 65.5 Å². The summed E-state index contributed by atoms with van der Waals surface area (Å²) in [6.07, 6.45) is 1.13. The van der Waals surface area contributed by atoms with E-state index in [-0.39, 0.29) is 29.8 Å². The predicted octanol–water partition coefficient (Wildman–Crippen LogP) is 1.65. The van der Waals surface area contributed by atoms with E-state index in [0.717, 1.165) is 0 Å². The summed E-state index contributed by atoms with van der Waals surface area (Å²) in [5.74, 6) is 0.829. The van der Waals surface area contributed by atoms with Crippen molar-refractivity contribution >= 4 is 17.6 Å². The van der Waals surface area contributed by atoms with E-state index in [2.05, 4.69) is 25.8 Å². The van der Waals surface area contributed by atoms with E-state index >= 15 is 0 Å². The molecule has 33 heavy (non-hydrogen) atoms. The molecule has 10 nitrogen and oxygen atoms in total. The molecule has 0 bridgehead atoms. The maximum atomic E-state index is 12.1. The van der Waals surface area contributed by atoms with Gasteiger partial charge in [0, 0.05) is 44.1 Å². The summed E-state index contributed by atoms with van der Waals surface area (Å²) in [5, 5.41) is 18.6. The first-order chi connectivity index (χ1) is 16.0. The van der Waals surface area contributed by atoms with Gasteiger partial charge in [0.15, 0.2) is 0 Å². The molecule has 0 spiro atoms. The van der Waals surface area contributed by atoms with Gasteiger partial charge in [-0.1, -0.05) is 23.4 Å². The van der Waals surface area contributed by atoms with Crippen LogP contribution in [0.5, 0.6) is 5.75 Å². The lowest BCUT2D eigenvalue weighted by atomic mass is 10.1. The average Bonchev–Trinajstić information content (AvgIpc) is 3.31. The third-order valence-electron chi connectivity index (χ3n) is 4.77. The Balaban J connectivity index is 1.40. The molecule has 2 amide bonds. The van der Waals surface area contributed by atoms with Crippen LogP contribution in [-0.4, -0.2) is 53.0 Å². The summed E-state index contributed by atoms with van der Waals surface area (Å²) >= 11 is 0. The number of carbonyl (C=O) groups excluding carboxylic acids is 2. The van der Waals surface area contributed by atoms with E-state index in [9.17, 15) is 14.7 Å². The lowest BCUT2D eigenvalue weighted by Gasteiger charge is -2.08. The van der Waals surface area contributed by atoms with Crippen LogP contribution in [-0.2, 0) is 11.2 Å². The molecule has 0 atom stereocenters. The van der Waals surface area contributed by atoms with Crippen molar-refractivity contribution < 1.29 is 19.2 Å². The number of rotatable bonds is 10. The van der Waals surface area contributed by atoms with Gasteiger partial charge in [0.2, 0.25) is 17.6 Å². The number of nitrogens with one attached hydrogen (secondary N) is 2. The minimum Gasteiger partial charge on any atom is -0.508 e. The fourth-order valence-corrected chi connectivity index (χ4v) is 3.02. The molecule has 0 aliphatic rings. The second-order valence-electron chi connectivity index (χ2n) is 7.15. The van der Waals surface area contributed by atoms with Crippen LogP contribution < -0.4 is 16.4 Å². The smallest absolute Gasteiger partial charge is 0.251 e. The summed E-state index contributed by atoms with van der Waals surface area (Å²) < 4.78 is 5.18. The molecule has 1 aromatic heterocycles. The van der Waals surface area contributed by atoms with Crippen LogP contribution in [0.3, 0.4) is 0 Å². The van der Waals surface area contributed by atoms with Gasteiger partial charge < -0.3 is 26.0 Å². The topological polar surface area (TPSA) is 156 Å². The SMILES string of the molecule is CNC(=O)c1ccccc1C(N)=NCCCNC(=O)CCc1nc(-c2ccc(O)cc2)no1. The standard InChI is InChI=1S/C23H26N6O4/c1-25-23(32)18-6-3-2-5-17(18)21(24)27-14-4-13-26-19(31)11-12-20-28-22(29-33-20)15-7-9-16(30)10-8-15/h2-3,5-10,30H,4,11-14H2,1H3,(H2,24,27)(H,25,32)(H,26,31). The van der Waals surface area contributed by atoms with E-state index < -0.39 is 0 Å². The van der Waals surface area contributed by atoms with E-state index in [1.165, 1.54) is 12.1 Å².